The van der Waals surface area contributed by atoms with Crippen LogP contribution in [0.2, 0.25) is 0 Å². The van der Waals surface area contributed by atoms with Crippen molar-refractivity contribution in [2.75, 3.05) is 91.6 Å². The van der Waals surface area contributed by atoms with E-state index in [1.807, 2.05) is 0 Å². The van der Waals surface area contributed by atoms with Crippen LogP contribution in [0.5, 0.6) is 0 Å². The van der Waals surface area contributed by atoms with Crippen LogP contribution in [-0.2, 0) is 13.1 Å². The van der Waals surface area contributed by atoms with Crippen molar-refractivity contribution in [3.63, 3.8) is 0 Å². The minimum atomic E-state index is 1.30. The lowest BCUT2D eigenvalue weighted by Crippen LogP contribution is -2.75. The number of benzene rings is 1. The SMILES string of the molecule is c1ccc2c(c1)C[N+]13CC[N+](CCCCCCCCC[N+]45CC[N+](CC4)(CC5)C2)(CC1)CC3. The third-order valence-electron chi connectivity index (χ3n) is 11.2. The first-order valence-electron chi connectivity index (χ1n) is 14.6. The Kier molecular flexibility index (Phi) is 6.09. The van der Waals surface area contributed by atoms with Crippen LogP contribution < -0.4 is 0 Å². The van der Waals surface area contributed by atoms with E-state index >= 15 is 0 Å². The van der Waals surface area contributed by atoms with Crippen LogP contribution in [0, 0.1) is 0 Å². The molecule has 182 valence electrons. The zero-order valence-electron chi connectivity index (χ0n) is 21.4. The number of hydrogen-bond donors (Lipinski definition) is 0. The molecule has 4 nitrogen and oxygen atoms in total. The molecule has 4 bridgehead atoms. The quantitative estimate of drug-likeness (QED) is 0.524. The molecular weight excluding hydrogens is 404 g/mol. The molecule has 33 heavy (non-hydrogen) atoms. The van der Waals surface area contributed by atoms with E-state index in [2.05, 4.69) is 24.3 Å². The molecule has 0 spiro atoms. The second-order valence-electron chi connectivity index (χ2n) is 13.1. The van der Waals surface area contributed by atoms with E-state index in [0.29, 0.717) is 0 Å². The molecule has 1 aromatic rings. The lowest BCUT2D eigenvalue weighted by Gasteiger charge is -2.56. The topological polar surface area (TPSA) is 0 Å². The summed E-state index contributed by atoms with van der Waals surface area (Å²) >= 11 is 0. The van der Waals surface area contributed by atoms with Gasteiger partial charge in [0, 0.05) is 11.1 Å². The number of hydrogen-bond acceptors (Lipinski definition) is 0. The maximum atomic E-state index is 2.50. The second kappa shape index (κ2) is 8.93. The van der Waals surface area contributed by atoms with Crippen LogP contribution >= 0.6 is 0 Å². The van der Waals surface area contributed by atoms with E-state index in [1.165, 1.54) is 168 Å². The van der Waals surface area contributed by atoms with Crippen LogP contribution in [0.15, 0.2) is 24.3 Å². The third kappa shape index (κ3) is 4.53. The lowest BCUT2D eigenvalue weighted by atomic mass is 9.98. The predicted octanol–water partition coefficient (Wildman–Crippen LogP) is 3.75. The van der Waals surface area contributed by atoms with Crippen LogP contribution in [0.1, 0.15) is 56.1 Å². The van der Waals surface area contributed by atoms with Crippen molar-refractivity contribution in [1.29, 1.82) is 0 Å². The molecule has 0 atom stereocenters. The van der Waals surface area contributed by atoms with Gasteiger partial charge in [-0.15, -0.1) is 0 Å². The Bertz CT molecular complexity index is 717. The average Bonchev–Trinajstić information content (AvgIpc) is 2.86. The minimum Gasteiger partial charge on any atom is -0.310 e. The first kappa shape index (κ1) is 22.5. The van der Waals surface area contributed by atoms with E-state index in [4.69, 9.17) is 0 Å². The van der Waals surface area contributed by atoms with Gasteiger partial charge in [-0.25, -0.2) is 0 Å². The van der Waals surface area contributed by atoms with Gasteiger partial charge in [0.1, 0.15) is 91.6 Å². The molecule has 6 saturated heterocycles. The molecule has 0 N–H and O–H groups in total. The predicted molar refractivity (Wildman–Crippen MR) is 135 cm³/mol. The monoisotopic (exact) mass is 454 g/mol. The fraction of sp³-hybridized carbons (Fsp3) is 0.793. The van der Waals surface area contributed by atoms with Crippen molar-refractivity contribution in [2.24, 2.45) is 0 Å². The average molecular weight is 455 g/mol. The van der Waals surface area contributed by atoms with Crippen LogP contribution in [0.25, 0.3) is 0 Å². The molecule has 4 heteroatoms. The van der Waals surface area contributed by atoms with Crippen LogP contribution in [0.4, 0.5) is 0 Å². The van der Waals surface area contributed by atoms with Crippen molar-refractivity contribution in [1.82, 2.24) is 0 Å². The molecule has 0 aliphatic carbocycles. The molecule has 6 fully saturated rings. The van der Waals surface area contributed by atoms with Crippen molar-refractivity contribution in [3.05, 3.63) is 35.4 Å². The summed E-state index contributed by atoms with van der Waals surface area (Å²) in [5.74, 6) is 0. The summed E-state index contributed by atoms with van der Waals surface area (Å²) in [5, 5.41) is 0. The van der Waals surface area contributed by atoms with Crippen LogP contribution in [-0.4, -0.2) is 110 Å². The Morgan fingerprint density at radius 2 is 0.636 bits per heavy atom. The van der Waals surface area contributed by atoms with Gasteiger partial charge in [0.2, 0.25) is 0 Å². The maximum Gasteiger partial charge on any atom is 0.129 e. The Labute approximate surface area is 203 Å². The Morgan fingerprint density at radius 1 is 0.333 bits per heavy atom. The molecule has 11 heterocycles. The number of rotatable bonds is 0. The highest BCUT2D eigenvalue weighted by molar-refractivity contribution is 5.26. The molecule has 0 aromatic heterocycles. The molecule has 0 amide bonds. The fourth-order valence-electron chi connectivity index (χ4n) is 8.40. The number of nitrogens with zero attached hydrogens (tertiary/aromatic N) is 4. The molecule has 0 radical (unpaired) electrons. The zero-order chi connectivity index (χ0) is 22.2. The normalized spacial score (nSPS) is 42.1. The van der Waals surface area contributed by atoms with Gasteiger partial charge in [-0.2, -0.15) is 0 Å². The van der Waals surface area contributed by atoms with Gasteiger partial charge >= 0.3 is 0 Å². The van der Waals surface area contributed by atoms with Gasteiger partial charge < -0.3 is 17.9 Å². The van der Waals surface area contributed by atoms with E-state index in [-0.39, 0.29) is 0 Å². The zero-order valence-corrected chi connectivity index (χ0v) is 21.4. The van der Waals surface area contributed by atoms with E-state index in [1.54, 1.807) is 11.1 Å². The van der Waals surface area contributed by atoms with Gasteiger partial charge in [0.15, 0.2) is 0 Å². The minimum absolute atomic E-state index is 1.30. The van der Waals surface area contributed by atoms with Gasteiger partial charge in [0.25, 0.3) is 0 Å². The Hall–Kier alpha value is -0.940. The van der Waals surface area contributed by atoms with E-state index in [9.17, 15) is 0 Å². The van der Waals surface area contributed by atoms with Gasteiger partial charge in [-0.1, -0.05) is 43.5 Å². The van der Waals surface area contributed by atoms with E-state index < -0.39 is 0 Å². The maximum absolute atomic E-state index is 2.50. The van der Waals surface area contributed by atoms with Gasteiger partial charge in [-0.3, -0.25) is 0 Å². The van der Waals surface area contributed by atoms with Gasteiger partial charge in [-0.05, 0) is 25.7 Å². The lowest BCUT2D eigenvalue weighted by molar-refractivity contribution is -1.09. The first-order chi connectivity index (χ1) is 16.1. The largest absolute Gasteiger partial charge is 0.310 e. The summed E-state index contributed by atoms with van der Waals surface area (Å²) in [5.41, 5.74) is 3.38. The Morgan fingerprint density at radius 3 is 1.00 bits per heavy atom. The highest BCUT2D eigenvalue weighted by Crippen LogP contribution is 2.33. The molecule has 11 aliphatic heterocycles. The number of quaternary nitrogens is 4. The summed E-state index contributed by atoms with van der Waals surface area (Å²) in [6, 6.07) is 9.63. The molecular formula is C29H50N4+4. The van der Waals surface area contributed by atoms with Crippen molar-refractivity contribution < 1.29 is 17.9 Å². The second-order valence-corrected chi connectivity index (χ2v) is 13.1. The standard InChI is InChI=1S/C29H50N4/c1-2-4-8-12-30-14-20-32(21-15-30,22-16-30)26-28-10-6-7-11-29(28)27-33-23-17-31(18-24-33,19-25-33)13-9-5-3-1/h6-7,10-11H,1-5,8-9,12-27H2/q+4. The summed E-state index contributed by atoms with van der Waals surface area (Å²) in [6.07, 6.45) is 10.4. The summed E-state index contributed by atoms with van der Waals surface area (Å²) in [7, 11) is 0. The summed E-state index contributed by atoms with van der Waals surface area (Å²) in [6.45, 7) is 22.8. The molecule has 12 rings (SSSR count). The molecule has 1 aromatic carbocycles. The van der Waals surface area contributed by atoms with Crippen molar-refractivity contribution in [2.45, 2.75) is 58.0 Å². The summed E-state index contributed by atoms with van der Waals surface area (Å²) in [4.78, 5) is 0. The molecule has 0 unspecified atom stereocenters. The Balaban J connectivity index is 1.22. The first-order valence-corrected chi connectivity index (χ1v) is 14.6. The third-order valence-corrected chi connectivity index (χ3v) is 11.2. The van der Waals surface area contributed by atoms with Crippen molar-refractivity contribution in [3.8, 4) is 0 Å². The highest BCUT2D eigenvalue weighted by atomic mass is 15.5. The smallest absolute Gasteiger partial charge is 0.129 e. The van der Waals surface area contributed by atoms with Crippen molar-refractivity contribution >= 4 is 0 Å². The van der Waals surface area contributed by atoms with Gasteiger partial charge in [0.05, 0.1) is 13.1 Å². The molecule has 0 saturated carbocycles. The highest BCUT2D eigenvalue weighted by Gasteiger charge is 2.50. The number of piperazine rings is 6. The fourth-order valence-corrected chi connectivity index (χ4v) is 8.40. The molecule has 11 aliphatic rings. The van der Waals surface area contributed by atoms with Crippen LogP contribution in [0.3, 0.4) is 0 Å². The summed E-state index contributed by atoms with van der Waals surface area (Å²) < 4.78 is 5.69. The van der Waals surface area contributed by atoms with E-state index in [0.717, 1.165) is 0 Å².